The number of nitrogens with zero attached hydrogens (tertiary/aromatic N) is 3. The number of aromatic hydroxyl groups is 1. The molecule has 1 aromatic carbocycles. The maximum atomic E-state index is 11.8. The molecule has 2 aromatic rings. The minimum atomic E-state index is -0.318. The van der Waals surface area contributed by atoms with E-state index in [-0.39, 0.29) is 11.4 Å². The van der Waals surface area contributed by atoms with Crippen LogP contribution in [-0.2, 0) is 0 Å². The smallest absolute Gasteiger partial charge is 0.276 e. The molecule has 0 amide bonds. The van der Waals surface area contributed by atoms with Gasteiger partial charge in [-0.3, -0.25) is 4.79 Å². The van der Waals surface area contributed by atoms with Crippen molar-refractivity contribution in [3.8, 4) is 17.3 Å². The molecule has 0 atom stereocenters. The third-order valence-electron chi connectivity index (χ3n) is 2.31. The molecule has 0 saturated carbocycles. The number of rotatable bonds is 2. The summed E-state index contributed by atoms with van der Waals surface area (Å²) < 4.78 is 1.40. The third kappa shape index (κ3) is 2.13. The summed E-state index contributed by atoms with van der Waals surface area (Å²) in [7, 11) is 3.49. The average molecular weight is 231 g/mol. The van der Waals surface area contributed by atoms with E-state index in [4.69, 9.17) is 0 Å². The Morgan fingerprint density at radius 1 is 1.24 bits per heavy atom. The van der Waals surface area contributed by atoms with E-state index in [0.29, 0.717) is 5.82 Å². The SMILES string of the molecule is CN(C)n1c(-c2ccccc2)nc(O)cc1=O. The summed E-state index contributed by atoms with van der Waals surface area (Å²) in [6.07, 6.45) is 0. The van der Waals surface area contributed by atoms with Gasteiger partial charge < -0.3 is 10.1 Å². The lowest BCUT2D eigenvalue weighted by molar-refractivity contribution is 0.447. The van der Waals surface area contributed by atoms with Crippen molar-refractivity contribution in [2.75, 3.05) is 19.1 Å². The second-order valence-electron chi connectivity index (χ2n) is 3.80. The molecule has 0 unspecified atom stereocenters. The van der Waals surface area contributed by atoms with E-state index in [0.717, 1.165) is 11.6 Å². The summed E-state index contributed by atoms with van der Waals surface area (Å²) >= 11 is 0. The largest absolute Gasteiger partial charge is 0.493 e. The van der Waals surface area contributed by atoms with Crippen molar-refractivity contribution in [3.63, 3.8) is 0 Å². The Balaban J connectivity index is 2.72. The average Bonchev–Trinajstić information content (AvgIpc) is 2.28. The topological polar surface area (TPSA) is 58.4 Å². The van der Waals surface area contributed by atoms with Crippen molar-refractivity contribution < 1.29 is 5.11 Å². The van der Waals surface area contributed by atoms with Gasteiger partial charge in [-0.05, 0) is 0 Å². The van der Waals surface area contributed by atoms with Crippen LogP contribution in [0.15, 0.2) is 41.2 Å². The van der Waals surface area contributed by atoms with Gasteiger partial charge in [-0.25, -0.2) is 4.68 Å². The van der Waals surface area contributed by atoms with Gasteiger partial charge in [0.25, 0.3) is 5.56 Å². The van der Waals surface area contributed by atoms with E-state index < -0.39 is 0 Å². The molecule has 5 nitrogen and oxygen atoms in total. The molecule has 0 fully saturated rings. The molecule has 1 N–H and O–H groups in total. The van der Waals surface area contributed by atoms with Crippen LogP contribution < -0.4 is 10.6 Å². The first-order chi connectivity index (χ1) is 8.09. The van der Waals surface area contributed by atoms with Crippen molar-refractivity contribution in [1.82, 2.24) is 9.66 Å². The predicted octanol–water partition coefficient (Wildman–Crippen LogP) is 0.813. The zero-order valence-corrected chi connectivity index (χ0v) is 9.66. The van der Waals surface area contributed by atoms with E-state index in [2.05, 4.69) is 4.98 Å². The molecule has 2 rings (SSSR count). The maximum absolute atomic E-state index is 11.8. The fourth-order valence-electron chi connectivity index (χ4n) is 1.62. The zero-order valence-electron chi connectivity index (χ0n) is 9.66. The van der Waals surface area contributed by atoms with Crippen LogP contribution in [0, 0.1) is 0 Å². The van der Waals surface area contributed by atoms with Crippen LogP contribution in [0.25, 0.3) is 11.4 Å². The Kier molecular flexibility index (Phi) is 2.82. The molecule has 0 saturated heterocycles. The Bertz CT molecular complexity index is 576. The molecule has 0 radical (unpaired) electrons. The van der Waals surface area contributed by atoms with E-state index in [1.54, 1.807) is 19.1 Å². The predicted molar refractivity (Wildman–Crippen MR) is 65.7 cm³/mol. The Morgan fingerprint density at radius 3 is 2.47 bits per heavy atom. The van der Waals surface area contributed by atoms with Gasteiger partial charge in [-0.15, -0.1) is 0 Å². The second kappa shape index (κ2) is 4.29. The highest BCUT2D eigenvalue weighted by atomic mass is 16.3. The highest BCUT2D eigenvalue weighted by Crippen LogP contribution is 2.16. The van der Waals surface area contributed by atoms with Gasteiger partial charge in [-0.2, -0.15) is 4.98 Å². The fraction of sp³-hybridized carbons (Fsp3) is 0.167. The van der Waals surface area contributed by atoms with Crippen molar-refractivity contribution in [2.45, 2.75) is 0 Å². The summed E-state index contributed by atoms with van der Waals surface area (Å²) in [6, 6.07) is 10.3. The van der Waals surface area contributed by atoms with Crippen LogP contribution in [-0.4, -0.2) is 28.9 Å². The van der Waals surface area contributed by atoms with E-state index in [1.165, 1.54) is 4.68 Å². The Morgan fingerprint density at radius 2 is 1.88 bits per heavy atom. The molecular weight excluding hydrogens is 218 g/mol. The summed E-state index contributed by atoms with van der Waals surface area (Å²) in [4.78, 5) is 15.8. The lowest BCUT2D eigenvalue weighted by atomic mass is 10.2. The molecule has 1 heterocycles. The summed E-state index contributed by atoms with van der Waals surface area (Å²) in [5.41, 5.74) is 0.454. The van der Waals surface area contributed by atoms with Crippen LogP contribution in [0.4, 0.5) is 0 Å². The molecule has 17 heavy (non-hydrogen) atoms. The first kappa shape index (κ1) is 11.2. The van der Waals surface area contributed by atoms with Crippen molar-refractivity contribution in [3.05, 3.63) is 46.8 Å². The minimum absolute atomic E-state index is 0.271. The van der Waals surface area contributed by atoms with Gasteiger partial charge in [0.2, 0.25) is 5.88 Å². The van der Waals surface area contributed by atoms with Gasteiger partial charge in [0.15, 0.2) is 5.82 Å². The van der Waals surface area contributed by atoms with Gasteiger partial charge >= 0.3 is 0 Å². The van der Waals surface area contributed by atoms with E-state index >= 15 is 0 Å². The fourth-order valence-corrected chi connectivity index (χ4v) is 1.62. The highest BCUT2D eigenvalue weighted by molar-refractivity contribution is 5.55. The number of aromatic nitrogens is 2. The first-order valence-electron chi connectivity index (χ1n) is 5.15. The van der Waals surface area contributed by atoms with Crippen molar-refractivity contribution in [2.24, 2.45) is 0 Å². The molecule has 1 aromatic heterocycles. The van der Waals surface area contributed by atoms with Crippen LogP contribution in [0.1, 0.15) is 0 Å². The van der Waals surface area contributed by atoms with Crippen molar-refractivity contribution >= 4 is 0 Å². The zero-order chi connectivity index (χ0) is 12.4. The summed E-state index contributed by atoms with van der Waals surface area (Å²) in [5, 5.41) is 11.0. The number of benzene rings is 1. The maximum Gasteiger partial charge on any atom is 0.276 e. The number of hydrogen-bond donors (Lipinski definition) is 1. The van der Waals surface area contributed by atoms with Crippen LogP contribution in [0.3, 0.4) is 0 Å². The third-order valence-corrected chi connectivity index (χ3v) is 2.31. The molecular formula is C12H13N3O2. The Hall–Kier alpha value is -2.30. The van der Waals surface area contributed by atoms with Gasteiger partial charge in [0, 0.05) is 19.7 Å². The molecule has 0 bridgehead atoms. The van der Waals surface area contributed by atoms with Gasteiger partial charge in [0.1, 0.15) is 0 Å². The molecule has 0 aliphatic carbocycles. The highest BCUT2D eigenvalue weighted by Gasteiger charge is 2.11. The number of hydrogen-bond acceptors (Lipinski definition) is 4. The Labute approximate surface area is 98.6 Å². The molecule has 5 heteroatoms. The second-order valence-corrected chi connectivity index (χ2v) is 3.80. The summed E-state index contributed by atoms with van der Waals surface area (Å²) in [6.45, 7) is 0. The van der Waals surface area contributed by atoms with Crippen molar-refractivity contribution in [1.29, 1.82) is 0 Å². The monoisotopic (exact) mass is 231 g/mol. The van der Waals surface area contributed by atoms with E-state index in [1.807, 2.05) is 30.3 Å². The standard InChI is InChI=1S/C12H13N3O2/c1-14(2)15-11(17)8-10(16)13-12(15)9-6-4-3-5-7-9/h3-8,16H,1-2H3. The van der Waals surface area contributed by atoms with E-state index in [9.17, 15) is 9.90 Å². The van der Waals surface area contributed by atoms with Gasteiger partial charge in [-0.1, -0.05) is 30.3 Å². The first-order valence-corrected chi connectivity index (χ1v) is 5.15. The lowest BCUT2D eigenvalue weighted by Crippen LogP contribution is -2.37. The molecule has 0 aliphatic rings. The minimum Gasteiger partial charge on any atom is -0.493 e. The van der Waals surface area contributed by atoms with Crippen LogP contribution >= 0.6 is 0 Å². The quantitative estimate of drug-likeness (QED) is 0.831. The molecule has 0 spiro atoms. The van der Waals surface area contributed by atoms with Crippen LogP contribution in [0.2, 0.25) is 0 Å². The lowest BCUT2D eigenvalue weighted by Gasteiger charge is -2.19. The normalized spacial score (nSPS) is 10.2. The van der Waals surface area contributed by atoms with Gasteiger partial charge in [0.05, 0.1) is 6.07 Å². The molecule has 88 valence electrons. The van der Waals surface area contributed by atoms with Crippen LogP contribution in [0.5, 0.6) is 5.88 Å². The molecule has 0 aliphatic heterocycles. The summed E-state index contributed by atoms with van der Waals surface area (Å²) in [5.74, 6) is 0.146.